The Morgan fingerprint density at radius 2 is 1.76 bits per heavy atom. The standard InChI is InChI=1S/C16H27N/c1-5-6-12-15(17-13-16(2,3)4)14-10-8-7-9-11-14/h7-11,15,17H,5-6,12-13H2,1-4H3. The summed E-state index contributed by atoms with van der Waals surface area (Å²) in [6, 6.07) is 11.3. The normalized spacial score (nSPS) is 13.6. The fraction of sp³-hybridized carbons (Fsp3) is 0.625. The summed E-state index contributed by atoms with van der Waals surface area (Å²) in [5.41, 5.74) is 1.77. The van der Waals surface area contributed by atoms with E-state index in [0.717, 1.165) is 6.54 Å². The zero-order valence-corrected chi connectivity index (χ0v) is 11.8. The molecule has 0 amide bonds. The molecule has 1 heteroatoms. The van der Waals surface area contributed by atoms with Crippen LogP contribution >= 0.6 is 0 Å². The van der Waals surface area contributed by atoms with Gasteiger partial charge >= 0.3 is 0 Å². The van der Waals surface area contributed by atoms with E-state index in [1.165, 1.54) is 24.8 Å². The van der Waals surface area contributed by atoms with Crippen molar-refractivity contribution in [1.29, 1.82) is 0 Å². The predicted octanol–water partition coefficient (Wildman–Crippen LogP) is 4.55. The van der Waals surface area contributed by atoms with Crippen molar-refractivity contribution in [2.45, 2.75) is 53.0 Å². The highest BCUT2D eigenvalue weighted by Crippen LogP contribution is 2.21. The van der Waals surface area contributed by atoms with E-state index in [4.69, 9.17) is 0 Å². The second-order valence-electron chi connectivity index (χ2n) is 6.05. The summed E-state index contributed by atoms with van der Waals surface area (Å²) in [5, 5.41) is 3.71. The smallest absolute Gasteiger partial charge is 0.0320 e. The van der Waals surface area contributed by atoms with Crippen LogP contribution in [0.1, 0.15) is 58.6 Å². The van der Waals surface area contributed by atoms with Crippen molar-refractivity contribution in [2.24, 2.45) is 5.41 Å². The van der Waals surface area contributed by atoms with Gasteiger partial charge in [-0.05, 0) is 17.4 Å². The maximum absolute atomic E-state index is 3.71. The van der Waals surface area contributed by atoms with E-state index in [2.05, 4.69) is 63.3 Å². The number of hydrogen-bond acceptors (Lipinski definition) is 1. The van der Waals surface area contributed by atoms with Crippen molar-refractivity contribution in [3.05, 3.63) is 35.9 Å². The molecule has 0 aliphatic heterocycles. The summed E-state index contributed by atoms with van der Waals surface area (Å²) in [4.78, 5) is 0. The molecule has 0 radical (unpaired) electrons. The highest BCUT2D eigenvalue weighted by Gasteiger charge is 2.15. The van der Waals surface area contributed by atoms with Gasteiger partial charge in [0.2, 0.25) is 0 Å². The lowest BCUT2D eigenvalue weighted by Crippen LogP contribution is -2.30. The van der Waals surface area contributed by atoms with Crippen LogP contribution in [0, 0.1) is 5.41 Å². The lowest BCUT2D eigenvalue weighted by Gasteiger charge is -2.25. The Labute approximate surface area is 107 Å². The van der Waals surface area contributed by atoms with Crippen LogP contribution < -0.4 is 5.32 Å². The highest BCUT2D eigenvalue weighted by atomic mass is 14.9. The van der Waals surface area contributed by atoms with Crippen molar-refractivity contribution in [2.75, 3.05) is 6.54 Å². The molecule has 0 saturated carbocycles. The molecule has 96 valence electrons. The van der Waals surface area contributed by atoms with Gasteiger partial charge in [-0.25, -0.2) is 0 Å². The van der Waals surface area contributed by atoms with Gasteiger partial charge in [0.05, 0.1) is 0 Å². The summed E-state index contributed by atoms with van der Waals surface area (Å²) < 4.78 is 0. The first-order valence-corrected chi connectivity index (χ1v) is 6.81. The maximum Gasteiger partial charge on any atom is 0.0320 e. The second-order valence-corrected chi connectivity index (χ2v) is 6.05. The van der Waals surface area contributed by atoms with E-state index in [9.17, 15) is 0 Å². The number of nitrogens with one attached hydrogen (secondary N) is 1. The molecular weight excluding hydrogens is 206 g/mol. The van der Waals surface area contributed by atoms with E-state index in [-0.39, 0.29) is 0 Å². The molecule has 1 aromatic carbocycles. The van der Waals surface area contributed by atoms with Gasteiger partial charge in [0.15, 0.2) is 0 Å². The average molecular weight is 233 g/mol. The second kappa shape index (κ2) is 6.80. The SMILES string of the molecule is CCCCC(NCC(C)(C)C)c1ccccc1. The Morgan fingerprint density at radius 1 is 1.12 bits per heavy atom. The van der Waals surface area contributed by atoms with Crippen molar-refractivity contribution >= 4 is 0 Å². The minimum atomic E-state index is 0.346. The first-order chi connectivity index (χ1) is 8.03. The molecule has 0 saturated heterocycles. The Bertz CT molecular complexity index is 297. The number of hydrogen-bond donors (Lipinski definition) is 1. The third-order valence-corrected chi connectivity index (χ3v) is 2.93. The summed E-state index contributed by atoms with van der Waals surface area (Å²) in [6.07, 6.45) is 3.79. The van der Waals surface area contributed by atoms with Crippen LogP contribution in [0.5, 0.6) is 0 Å². The van der Waals surface area contributed by atoms with Gasteiger partial charge < -0.3 is 5.32 Å². The monoisotopic (exact) mass is 233 g/mol. The van der Waals surface area contributed by atoms with Crippen molar-refractivity contribution in [3.8, 4) is 0 Å². The van der Waals surface area contributed by atoms with E-state index in [1.54, 1.807) is 0 Å². The van der Waals surface area contributed by atoms with Gasteiger partial charge in [0, 0.05) is 12.6 Å². The molecule has 1 N–H and O–H groups in total. The topological polar surface area (TPSA) is 12.0 Å². The van der Waals surface area contributed by atoms with Gasteiger partial charge in [0.1, 0.15) is 0 Å². The minimum absolute atomic E-state index is 0.346. The van der Waals surface area contributed by atoms with Gasteiger partial charge in [-0.15, -0.1) is 0 Å². The Morgan fingerprint density at radius 3 is 2.29 bits per heavy atom. The zero-order chi connectivity index (χ0) is 12.7. The number of unbranched alkanes of at least 4 members (excludes halogenated alkanes) is 1. The zero-order valence-electron chi connectivity index (χ0n) is 11.8. The van der Waals surface area contributed by atoms with Crippen LogP contribution in [0.3, 0.4) is 0 Å². The molecule has 0 aliphatic rings. The molecule has 0 heterocycles. The van der Waals surface area contributed by atoms with Crippen LogP contribution in [0.2, 0.25) is 0 Å². The van der Waals surface area contributed by atoms with Gasteiger partial charge in [0.25, 0.3) is 0 Å². The third kappa shape index (κ3) is 5.88. The molecule has 1 atom stereocenters. The molecule has 17 heavy (non-hydrogen) atoms. The largest absolute Gasteiger partial charge is 0.309 e. The maximum atomic E-state index is 3.71. The van der Waals surface area contributed by atoms with Crippen LogP contribution in [0.4, 0.5) is 0 Å². The summed E-state index contributed by atoms with van der Waals surface area (Å²) in [6.45, 7) is 10.2. The Hall–Kier alpha value is -0.820. The van der Waals surface area contributed by atoms with Crippen molar-refractivity contribution in [1.82, 2.24) is 5.32 Å². The summed E-state index contributed by atoms with van der Waals surface area (Å²) in [7, 11) is 0. The average Bonchev–Trinajstić information content (AvgIpc) is 2.29. The van der Waals surface area contributed by atoms with E-state index < -0.39 is 0 Å². The molecule has 0 aromatic heterocycles. The molecular formula is C16H27N. The molecule has 1 unspecified atom stereocenters. The Balaban J connectivity index is 2.61. The quantitative estimate of drug-likeness (QED) is 0.760. The summed E-state index contributed by atoms with van der Waals surface area (Å²) >= 11 is 0. The molecule has 1 rings (SSSR count). The number of rotatable bonds is 6. The van der Waals surface area contributed by atoms with Crippen LogP contribution in [0.25, 0.3) is 0 Å². The van der Waals surface area contributed by atoms with Crippen LogP contribution in [-0.4, -0.2) is 6.54 Å². The summed E-state index contributed by atoms with van der Waals surface area (Å²) in [5.74, 6) is 0. The number of benzene rings is 1. The van der Waals surface area contributed by atoms with Gasteiger partial charge in [-0.3, -0.25) is 0 Å². The fourth-order valence-electron chi connectivity index (χ4n) is 1.91. The first kappa shape index (κ1) is 14.2. The van der Waals surface area contributed by atoms with Gasteiger partial charge in [-0.1, -0.05) is 70.9 Å². The molecule has 0 fully saturated rings. The molecule has 0 bridgehead atoms. The minimum Gasteiger partial charge on any atom is -0.309 e. The third-order valence-electron chi connectivity index (χ3n) is 2.93. The molecule has 0 spiro atoms. The van der Waals surface area contributed by atoms with Crippen molar-refractivity contribution in [3.63, 3.8) is 0 Å². The van der Waals surface area contributed by atoms with Crippen LogP contribution in [0.15, 0.2) is 30.3 Å². The van der Waals surface area contributed by atoms with E-state index in [1.807, 2.05) is 0 Å². The highest BCUT2D eigenvalue weighted by molar-refractivity contribution is 5.18. The molecule has 0 aliphatic carbocycles. The van der Waals surface area contributed by atoms with E-state index in [0.29, 0.717) is 11.5 Å². The van der Waals surface area contributed by atoms with E-state index >= 15 is 0 Å². The van der Waals surface area contributed by atoms with Crippen molar-refractivity contribution < 1.29 is 0 Å². The lowest BCUT2D eigenvalue weighted by molar-refractivity contribution is 0.342. The Kier molecular flexibility index (Phi) is 5.70. The van der Waals surface area contributed by atoms with Gasteiger partial charge in [-0.2, -0.15) is 0 Å². The lowest BCUT2D eigenvalue weighted by atomic mass is 9.94. The van der Waals surface area contributed by atoms with Crippen LogP contribution in [-0.2, 0) is 0 Å². The molecule has 1 nitrogen and oxygen atoms in total. The first-order valence-electron chi connectivity index (χ1n) is 6.81. The predicted molar refractivity (Wildman–Crippen MR) is 76.2 cm³/mol. The molecule has 1 aromatic rings. The fourth-order valence-corrected chi connectivity index (χ4v) is 1.91.